The molecule has 1 atom stereocenters. The molecule has 3 nitrogen and oxygen atoms in total. The van der Waals surface area contributed by atoms with Crippen molar-refractivity contribution in [3.8, 4) is 5.75 Å². The van der Waals surface area contributed by atoms with E-state index in [0.29, 0.717) is 18.7 Å². The Kier molecular flexibility index (Phi) is 7.28. The van der Waals surface area contributed by atoms with E-state index in [-0.39, 0.29) is 24.6 Å². The van der Waals surface area contributed by atoms with Crippen LogP contribution in [-0.4, -0.2) is 44.6 Å². The molecule has 0 bridgehead atoms. The summed E-state index contributed by atoms with van der Waals surface area (Å²) in [6.45, 7) is 2.90. The number of ether oxygens (including phenoxy) is 1. The van der Waals surface area contributed by atoms with Crippen LogP contribution < -0.4 is 10.1 Å². The van der Waals surface area contributed by atoms with Gasteiger partial charge in [-0.3, -0.25) is 4.90 Å². The van der Waals surface area contributed by atoms with Crippen molar-refractivity contribution in [2.45, 2.75) is 18.9 Å². The predicted octanol–water partition coefficient (Wildman–Crippen LogP) is 2.86. The van der Waals surface area contributed by atoms with Crippen LogP contribution in [0.1, 0.15) is 18.0 Å². The molecular formula is C14H20ClF3N2O. The Balaban J connectivity index is 0.00000220. The highest BCUT2D eigenvalue weighted by molar-refractivity contribution is 5.85. The van der Waals surface area contributed by atoms with Crippen molar-refractivity contribution in [2.24, 2.45) is 0 Å². The third-order valence-corrected chi connectivity index (χ3v) is 3.55. The molecule has 120 valence electrons. The smallest absolute Gasteiger partial charge is 0.240 e. The second-order valence-corrected chi connectivity index (χ2v) is 4.82. The van der Waals surface area contributed by atoms with Crippen LogP contribution in [-0.2, 0) is 0 Å². The van der Waals surface area contributed by atoms with E-state index in [2.05, 4.69) is 5.32 Å². The first-order valence-corrected chi connectivity index (χ1v) is 6.68. The van der Waals surface area contributed by atoms with Crippen LogP contribution in [0.15, 0.2) is 18.2 Å². The molecule has 1 fully saturated rings. The van der Waals surface area contributed by atoms with Crippen LogP contribution >= 0.6 is 12.4 Å². The van der Waals surface area contributed by atoms with E-state index < -0.39 is 18.3 Å². The minimum absolute atomic E-state index is 0. The van der Waals surface area contributed by atoms with Gasteiger partial charge >= 0.3 is 0 Å². The Morgan fingerprint density at radius 3 is 2.48 bits per heavy atom. The van der Waals surface area contributed by atoms with Gasteiger partial charge in [-0.1, -0.05) is 6.07 Å². The van der Waals surface area contributed by atoms with Crippen molar-refractivity contribution >= 4 is 12.4 Å². The fraction of sp³-hybridized carbons (Fsp3) is 0.571. The number of piperazine rings is 1. The van der Waals surface area contributed by atoms with Gasteiger partial charge in [-0.2, -0.15) is 0 Å². The van der Waals surface area contributed by atoms with E-state index in [0.717, 1.165) is 13.1 Å². The maximum absolute atomic E-state index is 13.8. The van der Waals surface area contributed by atoms with E-state index in [4.69, 9.17) is 4.74 Å². The van der Waals surface area contributed by atoms with Gasteiger partial charge in [0.15, 0.2) is 11.6 Å². The van der Waals surface area contributed by atoms with Crippen LogP contribution in [0.25, 0.3) is 0 Å². The summed E-state index contributed by atoms with van der Waals surface area (Å²) < 4.78 is 44.3. The summed E-state index contributed by atoms with van der Waals surface area (Å²) in [5, 5.41) is 3.18. The predicted molar refractivity (Wildman–Crippen MR) is 78.0 cm³/mol. The number of benzene rings is 1. The molecule has 1 saturated heterocycles. The third-order valence-electron chi connectivity index (χ3n) is 3.55. The Labute approximate surface area is 128 Å². The van der Waals surface area contributed by atoms with Gasteiger partial charge in [-0.05, 0) is 17.7 Å². The summed E-state index contributed by atoms with van der Waals surface area (Å²) in [5.41, 5.74) is 0.575. The van der Waals surface area contributed by atoms with Gasteiger partial charge in [-0.15, -0.1) is 12.4 Å². The van der Waals surface area contributed by atoms with Gasteiger partial charge in [0, 0.05) is 38.6 Å². The highest BCUT2D eigenvalue weighted by Gasteiger charge is 2.26. The molecule has 0 aromatic heterocycles. The average molecular weight is 325 g/mol. The largest absolute Gasteiger partial charge is 0.494 e. The summed E-state index contributed by atoms with van der Waals surface area (Å²) in [5.74, 6) is -0.385. The van der Waals surface area contributed by atoms with Gasteiger partial charge in [0.25, 0.3) is 0 Å². The van der Waals surface area contributed by atoms with Gasteiger partial charge in [0.1, 0.15) is 0 Å². The zero-order valence-corrected chi connectivity index (χ0v) is 12.6. The SMILES string of the molecule is COc1ccc([C@@H](CC(F)F)N2CCNCC2)cc1F.Cl. The first-order chi connectivity index (χ1) is 9.61. The second kappa shape index (κ2) is 8.46. The summed E-state index contributed by atoms with van der Waals surface area (Å²) in [4.78, 5) is 1.98. The van der Waals surface area contributed by atoms with Crippen LogP contribution in [0.5, 0.6) is 5.75 Å². The number of rotatable bonds is 5. The van der Waals surface area contributed by atoms with Gasteiger partial charge in [0.2, 0.25) is 6.43 Å². The maximum Gasteiger partial charge on any atom is 0.240 e. The third kappa shape index (κ3) is 4.76. The molecular weight excluding hydrogens is 305 g/mol. The number of halogens is 4. The van der Waals surface area contributed by atoms with Crippen LogP contribution in [0.2, 0.25) is 0 Å². The molecule has 1 aromatic carbocycles. The number of hydrogen-bond acceptors (Lipinski definition) is 3. The molecule has 1 aliphatic heterocycles. The van der Waals surface area contributed by atoms with E-state index >= 15 is 0 Å². The highest BCUT2D eigenvalue weighted by atomic mass is 35.5. The summed E-state index contributed by atoms with van der Waals surface area (Å²) >= 11 is 0. The average Bonchev–Trinajstić information content (AvgIpc) is 2.45. The summed E-state index contributed by atoms with van der Waals surface area (Å²) in [6, 6.07) is 3.99. The lowest BCUT2D eigenvalue weighted by Crippen LogP contribution is -2.45. The van der Waals surface area contributed by atoms with Gasteiger partial charge in [0.05, 0.1) is 7.11 Å². The number of nitrogens with zero attached hydrogens (tertiary/aromatic N) is 1. The molecule has 1 heterocycles. The van der Waals surface area contributed by atoms with Gasteiger partial charge in [-0.25, -0.2) is 13.2 Å². The molecule has 0 aliphatic carbocycles. The Morgan fingerprint density at radius 1 is 1.29 bits per heavy atom. The minimum Gasteiger partial charge on any atom is -0.494 e. The Hall–Kier alpha value is -0.980. The van der Waals surface area contributed by atoms with Crippen molar-refractivity contribution in [2.75, 3.05) is 33.3 Å². The number of hydrogen-bond donors (Lipinski definition) is 1. The van der Waals surface area contributed by atoms with Crippen LogP contribution in [0.4, 0.5) is 13.2 Å². The molecule has 0 spiro atoms. The summed E-state index contributed by atoms with van der Waals surface area (Å²) in [7, 11) is 1.38. The molecule has 0 unspecified atom stereocenters. The van der Waals surface area contributed by atoms with Gasteiger partial charge < -0.3 is 10.1 Å². The first-order valence-electron chi connectivity index (χ1n) is 6.68. The monoisotopic (exact) mass is 324 g/mol. The van der Waals surface area contributed by atoms with Crippen molar-refractivity contribution in [3.05, 3.63) is 29.6 Å². The molecule has 1 aromatic rings. The molecule has 0 radical (unpaired) electrons. The molecule has 2 rings (SSSR count). The lowest BCUT2D eigenvalue weighted by molar-refractivity contribution is 0.0737. The van der Waals surface area contributed by atoms with Crippen molar-refractivity contribution < 1.29 is 17.9 Å². The van der Waals surface area contributed by atoms with E-state index in [1.807, 2.05) is 4.90 Å². The zero-order chi connectivity index (χ0) is 14.5. The van der Waals surface area contributed by atoms with Crippen molar-refractivity contribution in [1.82, 2.24) is 10.2 Å². The lowest BCUT2D eigenvalue weighted by atomic mass is 10.0. The number of alkyl halides is 2. The maximum atomic E-state index is 13.8. The van der Waals surface area contributed by atoms with E-state index in [9.17, 15) is 13.2 Å². The van der Waals surface area contributed by atoms with Crippen molar-refractivity contribution in [1.29, 1.82) is 0 Å². The van der Waals surface area contributed by atoms with E-state index in [1.165, 1.54) is 19.2 Å². The Morgan fingerprint density at radius 2 is 1.95 bits per heavy atom. The standard InChI is InChI=1S/C14H19F3N2O.ClH/c1-20-13-3-2-10(8-11(13)15)12(9-14(16)17)19-6-4-18-5-7-19;/h2-3,8,12,14,18H,4-7,9H2,1H3;1H/t12-;/m1./s1. The number of methoxy groups -OCH3 is 1. The summed E-state index contributed by atoms with van der Waals surface area (Å²) in [6.07, 6.45) is -2.70. The molecule has 0 saturated carbocycles. The topological polar surface area (TPSA) is 24.5 Å². The van der Waals surface area contributed by atoms with Crippen LogP contribution in [0.3, 0.4) is 0 Å². The van der Waals surface area contributed by atoms with Crippen LogP contribution in [0, 0.1) is 5.82 Å². The molecule has 21 heavy (non-hydrogen) atoms. The lowest BCUT2D eigenvalue weighted by Gasteiger charge is -2.35. The molecule has 1 aliphatic rings. The first kappa shape index (κ1) is 18.1. The normalized spacial score (nSPS) is 17.4. The van der Waals surface area contributed by atoms with Crippen molar-refractivity contribution in [3.63, 3.8) is 0 Å². The quantitative estimate of drug-likeness (QED) is 0.901. The number of nitrogens with one attached hydrogen (secondary N) is 1. The fourth-order valence-corrected chi connectivity index (χ4v) is 2.55. The molecule has 1 N–H and O–H groups in total. The Bertz CT molecular complexity index is 442. The molecule has 7 heteroatoms. The molecule has 0 amide bonds. The second-order valence-electron chi connectivity index (χ2n) is 4.82. The van der Waals surface area contributed by atoms with E-state index in [1.54, 1.807) is 6.07 Å². The fourth-order valence-electron chi connectivity index (χ4n) is 2.55. The zero-order valence-electron chi connectivity index (χ0n) is 11.8. The minimum atomic E-state index is -2.42. The highest BCUT2D eigenvalue weighted by Crippen LogP contribution is 2.30.